The Kier molecular flexibility index (Phi) is 5.28. The Morgan fingerprint density at radius 3 is 2.35 bits per heavy atom. The number of methoxy groups -OCH3 is 2. The zero-order valence-electron chi connectivity index (χ0n) is 12.5. The molecule has 0 aliphatic rings. The Labute approximate surface area is 141 Å². The zero-order valence-corrected chi connectivity index (χ0v) is 14.1. The van der Waals surface area contributed by atoms with E-state index in [-0.39, 0.29) is 23.0 Å². The minimum Gasteiger partial charge on any atom is -0.504 e. The molecule has 0 radical (unpaired) electrons. The van der Waals surface area contributed by atoms with Gasteiger partial charge in [-0.15, -0.1) is 0 Å². The number of ketones is 1. The number of hydrogen-bond donors (Lipinski definition) is 2. The van der Waals surface area contributed by atoms with Crippen molar-refractivity contribution in [3.8, 4) is 23.0 Å². The number of phenolic OH excluding ortho intramolecular Hbond substituents is 2. The van der Waals surface area contributed by atoms with E-state index in [9.17, 15) is 15.0 Å². The smallest absolute Gasteiger partial charge is 0.185 e. The standard InChI is InChI=1S/C17H15BrO5/c1-22-16-8-11(4-6-14(16)20)13(19)5-3-10-7-17(23-2)15(21)9-12(10)18/h3-9,20-21H,1-2H3/b5-3+. The molecule has 2 N–H and O–H groups in total. The SMILES string of the molecule is COc1cc(C(=O)/C=C/c2cc(OC)c(O)cc2Br)ccc1O. The fourth-order valence-electron chi connectivity index (χ4n) is 1.94. The maximum Gasteiger partial charge on any atom is 0.185 e. The summed E-state index contributed by atoms with van der Waals surface area (Å²) in [6.07, 6.45) is 3.00. The first kappa shape index (κ1) is 16.9. The number of allylic oxidation sites excluding steroid dienone is 1. The maximum atomic E-state index is 12.2. The number of phenols is 2. The monoisotopic (exact) mass is 378 g/mol. The number of halogens is 1. The van der Waals surface area contributed by atoms with Gasteiger partial charge in [0.2, 0.25) is 0 Å². The molecule has 120 valence electrons. The molecule has 2 aromatic carbocycles. The van der Waals surface area contributed by atoms with Gasteiger partial charge in [0.15, 0.2) is 28.8 Å². The van der Waals surface area contributed by atoms with E-state index in [1.807, 2.05) is 0 Å². The van der Waals surface area contributed by atoms with Gasteiger partial charge >= 0.3 is 0 Å². The first-order valence-corrected chi connectivity index (χ1v) is 7.41. The van der Waals surface area contributed by atoms with Gasteiger partial charge in [0.1, 0.15) is 0 Å². The van der Waals surface area contributed by atoms with Crippen LogP contribution >= 0.6 is 15.9 Å². The number of benzene rings is 2. The van der Waals surface area contributed by atoms with E-state index in [2.05, 4.69) is 15.9 Å². The van der Waals surface area contributed by atoms with Crippen molar-refractivity contribution in [3.05, 3.63) is 52.0 Å². The lowest BCUT2D eigenvalue weighted by molar-refractivity contribution is 0.104. The summed E-state index contributed by atoms with van der Waals surface area (Å²) >= 11 is 3.32. The Morgan fingerprint density at radius 2 is 1.70 bits per heavy atom. The third-order valence-corrected chi connectivity index (χ3v) is 3.86. The van der Waals surface area contributed by atoms with Gasteiger partial charge in [-0.2, -0.15) is 0 Å². The van der Waals surface area contributed by atoms with Crippen LogP contribution in [0, 0.1) is 0 Å². The van der Waals surface area contributed by atoms with Crippen molar-refractivity contribution in [2.45, 2.75) is 0 Å². The third-order valence-electron chi connectivity index (χ3n) is 3.18. The van der Waals surface area contributed by atoms with Gasteiger partial charge in [0, 0.05) is 10.0 Å². The van der Waals surface area contributed by atoms with Gasteiger partial charge in [-0.1, -0.05) is 15.9 Å². The van der Waals surface area contributed by atoms with Crippen LogP contribution in [0.5, 0.6) is 23.0 Å². The summed E-state index contributed by atoms with van der Waals surface area (Å²) < 4.78 is 10.7. The van der Waals surface area contributed by atoms with Gasteiger partial charge in [-0.3, -0.25) is 4.79 Å². The Hall–Kier alpha value is -2.47. The number of ether oxygens (including phenoxy) is 2. The maximum absolute atomic E-state index is 12.2. The lowest BCUT2D eigenvalue weighted by atomic mass is 10.1. The van der Waals surface area contributed by atoms with Crippen molar-refractivity contribution in [1.29, 1.82) is 0 Å². The van der Waals surface area contributed by atoms with Crippen molar-refractivity contribution in [2.24, 2.45) is 0 Å². The second-order valence-corrected chi connectivity index (χ2v) is 5.48. The predicted molar refractivity (Wildman–Crippen MR) is 90.4 cm³/mol. The van der Waals surface area contributed by atoms with Crippen molar-refractivity contribution < 1.29 is 24.5 Å². The van der Waals surface area contributed by atoms with Gasteiger partial charge in [0.25, 0.3) is 0 Å². The minimum atomic E-state index is -0.248. The predicted octanol–water partition coefficient (Wildman–Crippen LogP) is 3.77. The van der Waals surface area contributed by atoms with Crippen LogP contribution in [0.2, 0.25) is 0 Å². The number of hydrogen-bond acceptors (Lipinski definition) is 5. The highest BCUT2D eigenvalue weighted by atomic mass is 79.9. The Morgan fingerprint density at radius 1 is 1.04 bits per heavy atom. The number of aromatic hydroxyl groups is 2. The molecule has 0 unspecified atom stereocenters. The van der Waals surface area contributed by atoms with Crippen LogP contribution in [0.15, 0.2) is 40.9 Å². The van der Waals surface area contributed by atoms with Crippen LogP contribution in [0.1, 0.15) is 15.9 Å². The van der Waals surface area contributed by atoms with E-state index < -0.39 is 0 Å². The molecule has 2 rings (SSSR count). The summed E-state index contributed by atoms with van der Waals surface area (Å²) in [6, 6.07) is 7.48. The third kappa shape index (κ3) is 3.84. The summed E-state index contributed by atoms with van der Waals surface area (Å²) in [6.45, 7) is 0. The zero-order chi connectivity index (χ0) is 17.0. The Bertz CT molecular complexity index is 768. The van der Waals surface area contributed by atoms with Crippen molar-refractivity contribution in [3.63, 3.8) is 0 Å². The highest BCUT2D eigenvalue weighted by molar-refractivity contribution is 9.10. The average molecular weight is 379 g/mol. The molecule has 0 bridgehead atoms. The number of rotatable bonds is 5. The minimum absolute atomic E-state index is 0.00567. The van der Waals surface area contributed by atoms with E-state index in [1.54, 1.807) is 12.1 Å². The normalized spacial score (nSPS) is 10.7. The lowest BCUT2D eigenvalue weighted by Crippen LogP contribution is -1.95. The molecule has 0 saturated carbocycles. The number of carbonyl (C=O) groups excluding carboxylic acids is 1. The largest absolute Gasteiger partial charge is 0.504 e. The highest BCUT2D eigenvalue weighted by Crippen LogP contribution is 2.33. The van der Waals surface area contributed by atoms with Crippen LogP contribution in [0.25, 0.3) is 6.08 Å². The van der Waals surface area contributed by atoms with Crippen LogP contribution in [0.3, 0.4) is 0 Å². The first-order chi connectivity index (χ1) is 11.0. The molecule has 23 heavy (non-hydrogen) atoms. The van der Waals surface area contributed by atoms with Gasteiger partial charge in [-0.05, 0) is 48.0 Å². The molecular weight excluding hydrogens is 364 g/mol. The fourth-order valence-corrected chi connectivity index (χ4v) is 2.41. The molecule has 2 aromatic rings. The van der Waals surface area contributed by atoms with Crippen LogP contribution in [0.4, 0.5) is 0 Å². The van der Waals surface area contributed by atoms with E-state index in [1.165, 1.54) is 44.6 Å². The van der Waals surface area contributed by atoms with Gasteiger partial charge in [0.05, 0.1) is 14.2 Å². The van der Waals surface area contributed by atoms with E-state index in [4.69, 9.17) is 9.47 Å². The van der Waals surface area contributed by atoms with Crippen molar-refractivity contribution >= 4 is 27.8 Å². The van der Waals surface area contributed by atoms with E-state index in [0.717, 1.165) is 0 Å². The van der Waals surface area contributed by atoms with Crippen molar-refractivity contribution in [2.75, 3.05) is 14.2 Å². The molecule has 0 aliphatic carbocycles. The topological polar surface area (TPSA) is 76.0 Å². The second kappa shape index (κ2) is 7.19. The van der Waals surface area contributed by atoms with Gasteiger partial charge in [-0.25, -0.2) is 0 Å². The number of carbonyl (C=O) groups is 1. The van der Waals surface area contributed by atoms with E-state index >= 15 is 0 Å². The van der Waals surface area contributed by atoms with E-state index in [0.29, 0.717) is 21.3 Å². The summed E-state index contributed by atoms with van der Waals surface area (Å²) in [4.78, 5) is 12.2. The summed E-state index contributed by atoms with van der Waals surface area (Å²) in [7, 11) is 2.86. The quantitative estimate of drug-likeness (QED) is 0.611. The van der Waals surface area contributed by atoms with Crippen LogP contribution in [-0.4, -0.2) is 30.2 Å². The van der Waals surface area contributed by atoms with Gasteiger partial charge < -0.3 is 19.7 Å². The molecule has 0 fully saturated rings. The fraction of sp³-hybridized carbons (Fsp3) is 0.118. The molecule has 0 aliphatic heterocycles. The molecule has 0 amide bonds. The molecule has 0 atom stereocenters. The average Bonchev–Trinajstić information content (AvgIpc) is 2.54. The molecule has 6 heteroatoms. The molecule has 0 aromatic heterocycles. The lowest BCUT2D eigenvalue weighted by Gasteiger charge is -2.06. The molecular formula is C17H15BrO5. The summed E-state index contributed by atoms with van der Waals surface area (Å²) in [5.41, 5.74) is 1.07. The first-order valence-electron chi connectivity index (χ1n) is 6.62. The molecule has 0 spiro atoms. The Balaban J connectivity index is 2.28. The van der Waals surface area contributed by atoms with Crippen molar-refractivity contribution in [1.82, 2.24) is 0 Å². The van der Waals surface area contributed by atoms with Crippen LogP contribution in [-0.2, 0) is 0 Å². The summed E-state index contributed by atoms with van der Waals surface area (Å²) in [5.74, 6) is 0.274. The second-order valence-electron chi connectivity index (χ2n) is 4.63. The molecule has 5 nitrogen and oxygen atoms in total. The summed E-state index contributed by atoms with van der Waals surface area (Å²) in [5, 5.41) is 19.2. The highest BCUT2D eigenvalue weighted by Gasteiger charge is 2.09. The molecule has 0 heterocycles. The van der Waals surface area contributed by atoms with Crippen LogP contribution < -0.4 is 9.47 Å². The molecule has 0 saturated heterocycles.